The number of H-pyrrole nitrogens is 1. The topological polar surface area (TPSA) is 49.9 Å². The average molecular weight is 239 g/mol. The summed E-state index contributed by atoms with van der Waals surface area (Å²) in [6.45, 7) is 0. The van der Waals surface area contributed by atoms with Crippen molar-refractivity contribution in [2.45, 2.75) is 19.3 Å². The SMILES string of the molecule is O=C1CCCc2c1c[nH]c2C(=O)c1ccccc1. The summed E-state index contributed by atoms with van der Waals surface area (Å²) >= 11 is 0. The van der Waals surface area contributed by atoms with E-state index in [1.165, 1.54) is 0 Å². The second-order valence-electron chi connectivity index (χ2n) is 4.53. The molecule has 0 fully saturated rings. The van der Waals surface area contributed by atoms with Gasteiger partial charge in [0.25, 0.3) is 0 Å². The van der Waals surface area contributed by atoms with E-state index in [1.807, 2.05) is 18.2 Å². The van der Waals surface area contributed by atoms with Crippen LogP contribution in [0.3, 0.4) is 0 Å². The van der Waals surface area contributed by atoms with Gasteiger partial charge in [0.1, 0.15) is 0 Å². The van der Waals surface area contributed by atoms with Crippen LogP contribution in [0.15, 0.2) is 36.5 Å². The summed E-state index contributed by atoms with van der Waals surface area (Å²) < 4.78 is 0. The van der Waals surface area contributed by atoms with Gasteiger partial charge in [0.2, 0.25) is 5.78 Å². The lowest BCUT2D eigenvalue weighted by molar-refractivity contribution is 0.0973. The van der Waals surface area contributed by atoms with Crippen molar-refractivity contribution in [3.8, 4) is 0 Å². The fraction of sp³-hybridized carbons (Fsp3) is 0.200. The second-order valence-corrected chi connectivity index (χ2v) is 4.53. The van der Waals surface area contributed by atoms with Gasteiger partial charge in [0.15, 0.2) is 5.78 Å². The predicted molar refractivity (Wildman–Crippen MR) is 67.9 cm³/mol. The molecule has 0 aliphatic heterocycles. The van der Waals surface area contributed by atoms with E-state index < -0.39 is 0 Å². The summed E-state index contributed by atoms with van der Waals surface area (Å²) in [6, 6.07) is 9.15. The summed E-state index contributed by atoms with van der Waals surface area (Å²) in [5.41, 5.74) is 2.81. The van der Waals surface area contributed by atoms with Crippen molar-refractivity contribution >= 4 is 11.6 Å². The van der Waals surface area contributed by atoms with Crippen molar-refractivity contribution < 1.29 is 9.59 Å². The van der Waals surface area contributed by atoms with E-state index in [9.17, 15) is 9.59 Å². The highest BCUT2D eigenvalue weighted by Gasteiger charge is 2.24. The largest absolute Gasteiger partial charge is 0.358 e. The maximum absolute atomic E-state index is 12.3. The second kappa shape index (κ2) is 4.26. The lowest BCUT2D eigenvalue weighted by Gasteiger charge is -2.11. The van der Waals surface area contributed by atoms with Crippen molar-refractivity contribution in [1.82, 2.24) is 4.98 Å². The number of ketones is 2. The molecule has 0 unspecified atom stereocenters. The highest BCUT2D eigenvalue weighted by molar-refractivity contribution is 6.11. The maximum atomic E-state index is 12.3. The van der Waals surface area contributed by atoms with Crippen LogP contribution in [0.2, 0.25) is 0 Å². The number of hydrogen-bond donors (Lipinski definition) is 1. The number of hydrogen-bond acceptors (Lipinski definition) is 2. The number of carbonyl (C=O) groups is 2. The summed E-state index contributed by atoms with van der Waals surface area (Å²) in [5, 5.41) is 0. The maximum Gasteiger partial charge on any atom is 0.209 e. The summed E-state index contributed by atoms with van der Waals surface area (Å²) in [6.07, 6.45) is 3.90. The highest BCUT2D eigenvalue weighted by atomic mass is 16.1. The van der Waals surface area contributed by atoms with Crippen LogP contribution in [0.5, 0.6) is 0 Å². The number of carbonyl (C=O) groups excluding carboxylic acids is 2. The zero-order chi connectivity index (χ0) is 12.5. The Kier molecular flexibility index (Phi) is 2.59. The molecule has 1 N–H and O–H groups in total. The number of aromatic amines is 1. The molecule has 0 bridgehead atoms. The molecule has 90 valence electrons. The van der Waals surface area contributed by atoms with E-state index in [-0.39, 0.29) is 11.6 Å². The predicted octanol–water partition coefficient (Wildman–Crippen LogP) is 2.76. The fourth-order valence-corrected chi connectivity index (χ4v) is 2.46. The van der Waals surface area contributed by atoms with Gasteiger partial charge in [-0.1, -0.05) is 30.3 Å². The molecule has 0 spiro atoms. The van der Waals surface area contributed by atoms with Crippen molar-refractivity contribution in [2.75, 3.05) is 0 Å². The first-order valence-electron chi connectivity index (χ1n) is 6.10. The third-order valence-corrected chi connectivity index (χ3v) is 3.38. The molecule has 1 aromatic heterocycles. The molecule has 18 heavy (non-hydrogen) atoms. The van der Waals surface area contributed by atoms with Crippen molar-refractivity contribution in [3.05, 3.63) is 58.9 Å². The number of Topliss-reactive ketones (excluding diaryl/α,β-unsaturated/α-hetero) is 1. The molecule has 0 amide bonds. The summed E-state index contributed by atoms with van der Waals surface area (Å²) in [4.78, 5) is 27.0. The average Bonchev–Trinajstić information content (AvgIpc) is 2.84. The van der Waals surface area contributed by atoms with E-state index >= 15 is 0 Å². The van der Waals surface area contributed by atoms with Gasteiger partial charge in [0.05, 0.1) is 5.69 Å². The Balaban J connectivity index is 2.04. The molecule has 0 saturated carbocycles. The van der Waals surface area contributed by atoms with E-state index in [0.29, 0.717) is 23.2 Å². The Morgan fingerprint density at radius 3 is 2.67 bits per heavy atom. The van der Waals surface area contributed by atoms with E-state index in [2.05, 4.69) is 4.98 Å². The Morgan fingerprint density at radius 2 is 1.89 bits per heavy atom. The molecular weight excluding hydrogens is 226 g/mol. The molecule has 1 aliphatic rings. The normalized spacial score (nSPS) is 14.3. The molecule has 0 radical (unpaired) electrons. The molecule has 1 aromatic carbocycles. The third-order valence-electron chi connectivity index (χ3n) is 3.38. The van der Waals surface area contributed by atoms with Crippen LogP contribution in [-0.4, -0.2) is 16.6 Å². The van der Waals surface area contributed by atoms with Gasteiger partial charge in [-0.05, 0) is 18.4 Å². The Bertz CT molecular complexity index is 611. The lowest BCUT2D eigenvalue weighted by Crippen LogP contribution is -2.12. The van der Waals surface area contributed by atoms with Gasteiger partial charge in [-0.2, -0.15) is 0 Å². The molecule has 3 rings (SSSR count). The smallest absolute Gasteiger partial charge is 0.209 e. The highest BCUT2D eigenvalue weighted by Crippen LogP contribution is 2.25. The minimum Gasteiger partial charge on any atom is -0.358 e. The number of aromatic nitrogens is 1. The molecule has 2 aromatic rings. The summed E-state index contributed by atoms with van der Waals surface area (Å²) in [7, 11) is 0. The first kappa shape index (κ1) is 11.0. The monoisotopic (exact) mass is 239 g/mol. The quantitative estimate of drug-likeness (QED) is 0.819. The lowest BCUT2D eigenvalue weighted by atomic mass is 9.91. The van der Waals surface area contributed by atoms with E-state index in [0.717, 1.165) is 18.4 Å². The first-order valence-corrected chi connectivity index (χ1v) is 6.10. The van der Waals surface area contributed by atoms with Gasteiger partial charge in [-0.25, -0.2) is 0 Å². The number of rotatable bonds is 2. The first-order chi connectivity index (χ1) is 8.77. The number of fused-ring (bicyclic) bond motifs is 1. The van der Waals surface area contributed by atoms with Crippen LogP contribution in [-0.2, 0) is 6.42 Å². The zero-order valence-electron chi connectivity index (χ0n) is 9.90. The van der Waals surface area contributed by atoms with E-state index in [4.69, 9.17) is 0 Å². The number of benzene rings is 1. The van der Waals surface area contributed by atoms with Crippen LogP contribution in [0.4, 0.5) is 0 Å². The zero-order valence-corrected chi connectivity index (χ0v) is 9.90. The molecule has 1 aliphatic carbocycles. The fourth-order valence-electron chi connectivity index (χ4n) is 2.46. The molecule has 0 saturated heterocycles. The van der Waals surface area contributed by atoms with Gasteiger partial charge in [0, 0.05) is 23.7 Å². The Morgan fingerprint density at radius 1 is 1.11 bits per heavy atom. The van der Waals surface area contributed by atoms with Gasteiger partial charge < -0.3 is 4.98 Å². The molecule has 0 atom stereocenters. The van der Waals surface area contributed by atoms with Crippen LogP contribution < -0.4 is 0 Å². The minimum absolute atomic E-state index is 0.0356. The van der Waals surface area contributed by atoms with Crippen LogP contribution in [0.25, 0.3) is 0 Å². The molecular formula is C15H13NO2. The molecule has 3 nitrogen and oxygen atoms in total. The van der Waals surface area contributed by atoms with Crippen LogP contribution in [0, 0.1) is 0 Å². The van der Waals surface area contributed by atoms with Crippen LogP contribution in [0.1, 0.15) is 44.8 Å². The standard InChI is InChI=1S/C15H13NO2/c17-13-8-4-7-11-12(13)9-16-14(11)15(18)10-5-2-1-3-6-10/h1-3,5-6,9,16H,4,7-8H2. The molecule has 3 heteroatoms. The summed E-state index contributed by atoms with van der Waals surface area (Å²) in [5.74, 6) is 0.103. The minimum atomic E-state index is -0.0356. The Hall–Kier alpha value is -2.16. The van der Waals surface area contributed by atoms with Crippen molar-refractivity contribution in [2.24, 2.45) is 0 Å². The van der Waals surface area contributed by atoms with Crippen molar-refractivity contribution in [3.63, 3.8) is 0 Å². The Labute approximate surface area is 105 Å². The molecule has 1 heterocycles. The van der Waals surface area contributed by atoms with Gasteiger partial charge in [-0.3, -0.25) is 9.59 Å². The third kappa shape index (κ3) is 1.68. The van der Waals surface area contributed by atoms with Crippen molar-refractivity contribution in [1.29, 1.82) is 0 Å². The van der Waals surface area contributed by atoms with Gasteiger partial charge in [-0.15, -0.1) is 0 Å². The van der Waals surface area contributed by atoms with E-state index in [1.54, 1.807) is 18.3 Å². The van der Waals surface area contributed by atoms with Crippen LogP contribution >= 0.6 is 0 Å². The van der Waals surface area contributed by atoms with Gasteiger partial charge >= 0.3 is 0 Å². The number of nitrogens with one attached hydrogen (secondary N) is 1.